The molecule has 1 aromatic carbocycles. The Labute approximate surface area is 180 Å². The average molecular weight is 421 g/mol. The van der Waals surface area contributed by atoms with Gasteiger partial charge < -0.3 is 14.6 Å². The number of amides is 1. The zero-order valence-electron chi connectivity index (χ0n) is 17.1. The van der Waals surface area contributed by atoms with Gasteiger partial charge in [0.25, 0.3) is 0 Å². The Bertz CT molecular complexity index is 1130. The van der Waals surface area contributed by atoms with Crippen LogP contribution < -0.4 is 5.32 Å². The van der Waals surface area contributed by atoms with E-state index >= 15 is 0 Å². The molecule has 3 heterocycles. The van der Waals surface area contributed by atoms with Crippen molar-refractivity contribution in [3.05, 3.63) is 53.2 Å². The molecule has 7 heteroatoms. The molecule has 0 aliphatic carbocycles. The summed E-state index contributed by atoms with van der Waals surface area (Å²) in [5.74, 6) is 0.636. The van der Waals surface area contributed by atoms with Gasteiger partial charge >= 0.3 is 0 Å². The third-order valence-electron chi connectivity index (χ3n) is 5.53. The molecule has 1 fully saturated rings. The summed E-state index contributed by atoms with van der Waals surface area (Å²) < 4.78 is 7.78. The topological polar surface area (TPSA) is 79.9 Å². The van der Waals surface area contributed by atoms with Crippen LogP contribution in [0.5, 0.6) is 0 Å². The number of nitrogens with one attached hydrogen (secondary N) is 1. The molecular weight excluding hydrogens is 396 g/mol. The lowest BCUT2D eigenvalue weighted by molar-refractivity contribution is -0.113. The van der Waals surface area contributed by atoms with Crippen LogP contribution in [-0.4, -0.2) is 33.9 Å². The number of nitriles is 1. The minimum absolute atomic E-state index is 0.119. The lowest BCUT2D eigenvalue weighted by Crippen LogP contribution is -2.22. The maximum absolute atomic E-state index is 12.7. The van der Waals surface area contributed by atoms with Crippen molar-refractivity contribution in [2.75, 3.05) is 17.7 Å². The Hall–Kier alpha value is -2.82. The predicted octanol–water partition coefficient (Wildman–Crippen LogP) is 4.43. The first kappa shape index (κ1) is 20.5. The summed E-state index contributed by atoms with van der Waals surface area (Å²) in [6.07, 6.45) is 2.16. The van der Waals surface area contributed by atoms with E-state index in [1.54, 1.807) is 0 Å². The van der Waals surface area contributed by atoms with Gasteiger partial charge in [0, 0.05) is 17.7 Å². The fourth-order valence-corrected chi connectivity index (χ4v) is 4.46. The molecule has 0 saturated carbocycles. The molecule has 4 rings (SSSR count). The SMILES string of the molecule is Cc1c(C#N)c(NC(=O)CSc2ccc3ccccc3n2)n(CC2CCCO2)c1C. The molecule has 1 amide bonds. The van der Waals surface area contributed by atoms with Crippen molar-refractivity contribution >= 4 is 34.4 Å². The Morgan fingerprint density at radius 1 is 1.33 bits per heavy atom. The molecule has 6 nitrogen and oxygen atoms in total. The Kier molecular flexibility index (Phi) is 6.07. The summed E-state index contributed by atoms with van der Waals surface area (Å²) in [5.41, 5.74) is 3.31. The average Bonchev–Trinajstić information content (AvgIpc) is 3.35. The van der Waals surface area contributed by atoms with Crippen LogP contribution >= 0.6 is 11.8 Å². The molecular formula is C23H24N4O2S. The zero-order valence-corrected chi connectivity index (χ0v) is 18.0. The van der Waals surface area contributed by atoms with Gasteiger partial charge in [-0.05, 0) is 44.4 Å². The first-order chi connectivity index (χ1) is 14.6. The second-order valence-corrected chi connectivity index (χ2v) is 8.47. The van der Waals surface area contributed by atoms with Crippen LogP contribution in [0.4, 0.5) is 5.82 Å². The molecule has 1 atom stereocenters. The summed E-state index contributed by atoms with van der Waals surface area (Å²) in [6, 6.07) is 14.1. The fourth-order valence-electron chi connectivity index (χ4n) is 3.79. The molecule has 1 saturated heterocycles. The lowest BCUT2D eigenvalue weighted by atomic mass is 10.2. The summed E-state index contributed by atoms with van der Waals surface area (Å²) >= 11 is 1.39. The number of pyridine rings is 1. The summed E-state index contributed by atoms with van der Waals surface area (Å²) in [5, 5.41) is 14.5. The second kappa shape index (κ2) is 8.90. The minimum atomic E-state index is -0.155. The first-order valence-electron chi connectivity index (χ1n) is 10.1. The molecule has 30 heavy (non-hydrogen) atoms. The monoisotopic (exact) mass is 420 g/mol. The predicted molar refractivity (Wildman–Crippen MR) is 119 cm³/mol. The number of para-hydroxylation sites is 1. The van der Waals surface area contributed by atoms with Crippen molar-refractivity contribution in [2.24, 2.45) is 0 Å². The smallest absolute Gasteiger partial charge is 0.235 e. The number of thioether (sulfide) groups is 1. The Balaban J connectivity index is 1.48. The first-order valence-corrected chi connectivity index (χ1v) is 11.0. The van der Waals surface area contributed by atoms with E-state index in [0.717, 1.165) is 46.6 Å². The van der Waals surface area contributed by atoms with Crippen LogP contribution in [-0.2, 0) is 16.1 Å². The van der Waals surface area contributed by atoms with Crippen LogP contribution in [0.25, 0.3) is 10.9 Å². The molecule has 154 valence electrons. The van der Waals surface area contributed by atoms with Gasteiger partial charge in [-0.1, -0.05) is 36.0 Å². The number of carbonyl (C=O) groups is 1. The van der Waals surface area contributed by atoms with Crippen molar-refractivity contribution in [1.29, 1.82) is 5.26 Å². The van der Waals surface area contributed by atoms with Gasteiger partial charge in [-0.2, -0.15) is 5.26 Å². The highest BCUT2D eigenvalue weighted by Crippen LogP contribution is 2.29. The number of hydrogen-bond donors (Lipinski definition) is 1. The number of benzene rings is 1. The van der Waals surface area contributed by atoms with Gasteiger partial charge in [0.2, 0.25) is 5.91 Å². The summed E-state index contributed by atoms with van der Waals surface area (Å²) in [7, 11) is 0. The van der Waals surface area contributed by atoms with Gasteiger partial charge in [0.1, 0.15) is 11.9 Å². The lowest BCUT2D eigenvalue weighted by Gasteiger charge is -2.16. The highest BCUT2D eigenvalue weighted by molar-refractivity contribution is 7.99. The van der Waals surface area contributed by atoms with Crippen molar-refractivity contribution in [2.45, 2.75) is 44.4 Å². The van der Waals surface area contributed by atoms with E-state index in [2.05, 4.69) is 16.4 Å². The molecule has 1 aliphatic rings. The third kappa shape index (κ3) is 4.20. The molecule has 1 N–H and O–H groups in total. The molecule has 2 aromatic heterocycles. The highest BCUT2D eigenvalue weighted by atomic mass is 32.2. The van der Waals surface area contributed by atoms with Crippen LogP contribution in [0.15, 0.2) is 41.4 Å². The quantitative estimate of drug-likeness (QED) is 0.597. The molecule has 0 radical (unpaired) electrons. The number of nitrogens with zero attached hydrogens (tertiary/aromatic N) is 3. The number of aromatic nitrogens is 2. The van der Waals surface area contributed by atoms with Gasteiger partial charge in [0.15, 0.2) is 0 Å². The van der Waals surface area contributed by atoms with Crippen LogP contribution in [0.1, 0.15) is 29.7 Å². The van der Waals surface area contributed by atoms with E-state index in [1.807, 2.05) is 54.8 Å². The van der Waals surface area contributed by atoms with E-state index in [-0.39, 0.29) is 17.8 Å². The molecule has 3 aromatic rings. The summed E-state index contributed by atoms with van der Waals surface area (Å²) in [6.45, 7) is 5.31. The number of ether oxygens (including phenoxy) is 1. The number of rotatable bonds is 6. The Morgan fingerprint density at radius 2 is 2.17 bits per heavy atom. The van der Waals surface area contributed by atoms with E-state index in [1.165, 1.54) is 11.8 Å². The minimum Gasteiger partial charge on any atom is -0.376 e. The molecule has 1 aliphatic heterocycles. The van der Waals surface area contributed by atoms with Gasteiger partial charge in [-0.15, -0.1) is 0 Å². The number of fused-ring (bicyclic) bond motifs is 1. The van der Waals surface area contributed by atoms with Gasteiger partial charge in [0.05, 0.1) is 34.5 Å². The van der Waals surface area contributed by atoms with Crippen molar-refractivity contribution in [1.82, 2.24) is 9.55 Å². The largest absolute Gasteiger partial charge is 0.376 e. The summed E-state index contributed by atoms with van der Waals surface area (Å²) in [4.78, 5) is 17.3. The van der Waals surface area contributed by atoms with E-state index in [4.69, 9.17) is 4.74 Å². The molecule has 0 bridgehead atoms. The maximum Gasteiger partial charge on any atom is 0.235 e. The van der Waals surface area contributed by atoms with E-state index in [9.17, 15) is 10.1 Å². The third-order valence-corrected chi connectivity index (χ3v) is 6.46. The van der Waals surface area contributed by atoms with Crippen LogP contribution in [0.3, 0.4) is 0 Å². The maximum atomic E-state index is 12.7. The van der Waals surface area contributed by atoms with Crippen molar-refractivity contribution in [3.63, 3.8) is 0 Å². The van der Waals surface area contributed by atoms with Crippen molar-refractivity contribution in [3.8, 4) is 6.07 Å². The second-order valence-electron chi connectivity index (χ2n) is 7.47. The fraction of sp³-hybridized carbons (Fsp3) is 0.348. The highest BCUT2D eigenvalue weighted by Gasteiger charge is 2.24. The standard InChI is InChI=1S/C23H24N4O2S/c1-15-16(2)27(13-18-7-5-11-29-18)23(19(15)12-24)26-21(28)14-30-22-10-9-17-6-3-4-8-20(17)25-22/h3-4,6,8-10,18H,5,7,11,13-14H2,1-2H3,(H,26,28). The normalized spacial score (nSPS) is 16.0. The molecule has 1 unspecified atom stereocenters. The van der Waals surface area contributed by atoms with Crippen LogP contribution in [0, 0.1) is 25.2 Å². The van der Waals surface area contributed by atoms with Gasteiger partial charge in [-0.3, -0.25) is 4.79 Å². The molecule has 0 spiro atoms. The number of carbonyl (C=O) groups excluding carboxylic acids is 1. The van der Waals surface area contributed by atoms with Crippen molar-refractivity contribution < 1.29 is 9.53 Å². The Morgan fingerprint density at radius 3 is 2.93 bits per heavy atom. The zero-order chi connectivity index (χ0) is 21.1. The number of anilines is 1. The van der Waals surface area contributed by atoms with E-state index in [0.29, 0.717) is 17.9 Å². The van der Waals surface area contributed by atoms with Gasteiger partial charge in [-0.25, -0.2) is 4.98 Å². The number of hydrogen-bond acceptors (Lipinski definition) is 5. The van der Waals surface area contributed by atoms with Crippen LogP contribution in [0.2, 0.25) is 0 Å². The van der Waals surface area contributed by atoms with E-state index < -0.39 is 0 Å².